The molecule has 4 heteroatoms. The van der Waals surface area contributed by atoms with E-state index >= 15 is 0 Å². The van der Waals surface area contributed by atoms with E-state index in [2.05, 4.69) is 10.1 Å². The minimum atomic E-state index is -0.184. The highest BCUT2D eigenvalue weighted by atomic mass is 19.1. The fraction of sp³-hybridized carbons (Fsp3) is 0.200. The lowest BCUT2D eigenvalue weighted by Gasteiger charge is -2.16. The van der Waals surface area contributed by atoms with Crippen molar-refractivity contribution in [2.24, 2.45) is 0 Å². The Kier molecular flexibility index (Phi) is 1.45. The van der Waals surface area contributed by atoms with E-state index < -0.39 is 0 Å². The summed E-state index contributed by atoms with van der Waals surface area (Å²) >= 11 is 0. The number of aromatic nitrogens is 3. The summed E-state index contributed by atoms with van der Waals surface area (Å²) in [5.41, 5.74) is 2.01. The lowest BCUT2D eigenvalue weighted by molar-refractivity contribution is 0.593. The van der Waals surface area contributed by atoms with Crippen molar-refractivity contribution in [3.8, 4) is 11.4 Å². The topological polar surface area (TPSA) is 30.7 Å². The van der Waals surface area contributed by atoms with Gasteiger partial charge < -0.3 is 0 Å². The van der Waals surface area contributed by atoms with Crippen molar-refractivity contribution in [3.63, 3.8) is 0 Å². The van der Waals surface area contributed by atoms with E-state index in [1.165, 1.54) is 12.4 Å². The molecule has 0 saturated carbocycles. The first kappa shape index (κ1) is 7.67. The van der Waals surface area contributed by atoms with Crippen LogP contribution in [-0.2, 0) is 13.0 Å². The zero-order valence-corrected chi connectivity index (χ0v) is 7.44. The summed E-state index contributed by atoms with van der Waals surface area (Å²) in [7, 11) is 0. The number of aryl methyl sites for hydroxylation is 2. The van der Waals surface area contributed by atoms with E-state index in [0.717, 1.165) is 29.9 Å². The summed E-state index contributed by atoms with van der Waals surface area (Å²) < 4.78 is 14.8. The van der Waals surface area contributed by atoms with Gasteiger partial charge in [0.1, 0.15) is 12.1 Å². The Labute approximate surface area is 80.2 Å². The molecule has 0 radical (unpaired) electrons. The Morgan fingerprint density at radius 1 is 1.36 bits per heavy atom. The molecule has 0 amide bonds. The zero-order valence-electron chi connectivity index (χ0n) is 7.44. The molecule has 2 heterocycles. The normalized spacial score (nSPS) is 13.5. The van der Waals surface area contributed by atoms with Crippen LogP contribution >= 0.6 is 0 Å². The predicted octanol–water partition coefficient (Wildman–Crippen LogP) is 1.64. The maximum atomic E-state index is 13.0. The number of halogens is 1. The SMILES string of the molecule is Fc1ccc2c(c1)CCn1ncnc1-2. The third-order valence-electron chi connectivity index (χ3n) is 2.52. The van der Waals surface area contributed by atoms with Crippen LogP contribution in [0.2, 0.25) is 0 Å². The number of fused-ring (bicyclic) bond motifs is 3. The van der Waals surface area contributed by atoms with Gasteiger partial charge in [0.2, 0.25) is 0 Å². The molecule has 0 spiro atoms. The van der Waals surface area contributed by atoms with Gasteiger partial charge in [-0.25, -0.2) is 14.1 Å². The molecule has 0 atom stereocenters. The van der Waals surface area contributed by atoms with Crippen molar-refractivity contribution in [3.05, 3.63) is 35.9 Å². The Morgan fingerprint density at radius 2 is 2.29 bits per heavy atom. The van der Waals surface area contributed by atoms with Gasteiger partial charge >= 0.3 is 0 Å². The molecule has 1 aromatic heterocycles. The molecule has 1 aliphatic rings. The average Bonchev–Trinajstić information content (AvgIpc) is 2.65. The van der Waals surface area contributed by atoms with Crippen molar-refractivity contribution >= 4 is 0 Å². The first-order valence-corrected chi connectivity index (χ1v) is 4.51. The fourth-order valence-corrected chi connectivity index (χ4v) is 1.85. The monoisotopic (exact) mass is 189 g/mol. The van der Waals surface area contributed by atoms with Gasteiger partial charge in [-0.1, -0.05) is 0 Å². The van der Waals surface area contributed by atoms with Crippen LogP contribution in [-0.4, -0.2) is 14.8 Å². The molecule has 3 rings (SSSR count). The molecule has 1 aromatic carbocycles. The highest BCUT2D eigenvalue weighted by Gasteiger charge is 2.17. The first-order chi connectivity index (χ1) is 6.84. The van der Waals surface area contributed by atoms with E-state index in [-0.39, 0.29) is 5.82 Å². The minimum absolute atomic E-state index is 0.184. The summed E-state index contributed by atoms with van der Waals surface area (Å²) in [4.78, 5) is 4.16. The number of hydrogen-bond acceptors (Lipinski definition) is 2. The van der Waals surface area contributed by atoms with Crippen LogP contribution in [0, 0.1) is 5.82 Å². The van der Waals surface area contributed by atoms with Crippen LogP contribution in [0.1, 0.15) is 5.56 Å². The van der Waals surface area contributed by atoms with E-state index in [9.17, 15) is 4.39 Å². The first-order valence-electron chi connectivity index (χ1n) is 4.51. The van der Waals surface area contributed by atoms with Gasteiger partial charge in [0.15, 0.2) is 5.82 Å². The lowest BCUT2D eigenvalue weighted by Crippen LogP contribution is -2.12. The number of rotatable bonds is 0. The van der Waals surface area contributed by atoms with Crippen LogP contribution in [0.3, 0.4) is 0 Å². The van der Waals surface area contributed by atoms with Crippen molar-refractivity contribution in [1.29, 1.82) is 0 Å². The van der Waals surface area contributed by atoms with Crippen molar-refractivity contribution < 1.29 is 4.39 Å². The van der Waals surface area contributed by atoms with Gasteiger partial charge in [-0.05, 0) is 30.2 Å². The third kappa shape index (κ3) is 0.968. The molecular weight excluding hydrogens is 181 g/mol. The van der Waals surface area contributed by atoms with Gasteiger partial charge in [0, 0.05) is 12.1 Å². The minimum Gasteiger partial charge on any atom is -0.245 e. The van der Waals surface area contributed by atoms with Gasteiger partial charge in [-0.3, -0.25) is 0 Å². The quantitative estimate of drug-likeness (QED) is 0.630. The third-order valence-corrected chi connectivity index (χ3v) is 2.52. The molecule has 0 bridgehead atoms. The Bertz CT molecular complexity index is 490. The van der Waals surface area contributed by atoms with Crippen molar-refractivity contribution in [2.45, 2.75) is 13.0 Å². The fourth-order valence-electron chi connectivity index (χ4n) is 1.85. The molecule has 2 aromatic rings. The molecule has 1 aliphatic heterocycles. The van der Waals surface area contributed by atoms with Crippen molar-refractivity contribution in [1.82, 2.24) is 14.8 Å². The molecule has 70 valence electrons. The molecule has 0 N–H and O–H groups in total. The summed E-state index contributed by atoms with van der Waals surface area (Å²) in [6, 6.07) is 4.81. The Morgan fingerprint density at radius 3 is 3.21 bits per heavy atom. The maximum Gasteiger partial charge on any atom is 0.158 e. The number of hydrogen-bond donors (Lipinski definition) is 0. The molecule has 14 heavy (non-hydrogen) atoms. The average molecular weight is 189 g/mol. The Hall–Kier alpha value is -1.71. The zero-order chi connectivity index (χ0) is 9.54. The van der Waals surface area contributed by atoms with E-state index in [4.69, 9.17) is 0 Å². The van der Waals surface area contributed by atoms with Crippen LogP contribution < -0.4 is 0 Å². The molecule has 3 nitrogen and oxygen atoms in total. The van der Waals surface area contributed by atoms with Gasteiger partial charge in [-0.15, -0.1) is 0 Å². The number of nitrogens with zero attached hydrogens (tertiary/aromatic N) is 3. The molecule has 0 fully saturated rings. The van der Waals surface area contributed by atoms with Crippen LogP contribution in [0.25, 0.3) is 11.4 Å². The molecule has 0 aliphatic carbocycles. The molecular formula is C10H8FN3. The Balaban J connectivity index is 2.26. The largest absolute Gasteiger partial charge is 0.245 e. The maximum absolute atomic E-state index is 13.0. The highest BCUT2D eigenvalue weighted by molar-refractivity contribution is 5.61. The van der Waals surface area contributed by atoms with Crippen LogP contribution in [0.4, 0.5) is 4.39 Å². The standard InChI is InChI=1S/C10H8FN3/c11-8-1-2-9-7(5-8)3-4-14-10(9)12-6-13-14/h1-2,5-6H,3-4H2. The van der Waals surface area contributed by atoms with E-state index in [0.29, 0.717) is 0 Å². The van der Waals surface area contributed by atoms with Gasteiger partial charge in [0.25, 0.3) is 0 Å². The van der Waals surface area contributed by atoms with E-state index in [1.54, 1.807) is 12.1 Å². The predicted molar refractivity (Wildman–Crippen MR) is 49.1 cm³/mol. The second kappa shape index (κ2) is 2.64. The van der Waals surface area contributed by atoms with Crippen LogP contribution in [0.15, 0.2) is 24.5 Å². The van der Waals surface area contributed by atoms with Crippen molar-refractivity contribution in [2.75, 3.05) is 0 Å². The second-order valence-electron chi connectivity index (χ2n) is 3.36. The van der Waals surface area contributed by atoms with Gasteiger partial charge in [-0.2, -0.15) is 5.10 Å². The molecule has 0 unspecified atom stereocenters. The second-order valence-corrected chi connectivity index (χ2v) is 3.36. The summed E-state index contributed by atoms with van der Waals surface area (Å²) in [6.45, 7) is 0.784. The lowest BCUT2D eigenvalue weighted by atomic mass is 10.0. The van der Waals surface area contributed by atoms with Crippen LogP contribution in [0.5, 0.6) is 0 Å². The smallest absolute Gasteiger partial charge is 0.158 e. The summed E-state index contributed by atoms with van der Waals surface area (Å²) in [6.07, 6.45) is 2.36. The summed E-state index contributed by atoms with van der Waals surface area (Å²) in [5, 5.41) is 4.09. The van der Waals surface area contributed by atoms with Gasteiger partial charge in [0.05, 0.1) is 0 Å². The van der Waals surface area contributed by atoms with E-state index in [1.807, 2.05) is 4.68 Å². The highest BCUT2D eigenvalue weighted by Crippen LogP contribution is 2.27. The number of benzene rings is 1. The molecule has 0 saturated heterocycles. The summed E-state index contributed by atoms with van der Waals surface area (Å²) in [5.74, 6) is 0.656.